The Kier molecular flexibility index (Phi) is 9.03. The Bertz CT molecular complexity index is 1130. The first-order valence-corrected chi connectivity index (χ1v) is 11.8. The number of likely N-dealkylation sites (tertiary alicyclic amines) is 1. The van der Waals surface area contributed by atoms with Gasteiger partial charge < -0.3 is 25.8 Å². The van der Waals surface area contributed by atoms with E-state index in [1.807, 2.05) is 30.9 Å². The van der Waals surface area contributed by atoms with Gasteiger partial charge in [-0.2, -0.15) is 0 Å². The van der Waals surface area contributed by atoms with Crippen molar-refractivity contribution in [2.75, 3.05) is 25.4 Å². The lowest BCUT2D eigenvalue weighted by Gasteiger charge is -2.33. The van der Waals surface area contributed by atoms with E-state index in [-0.39, 0.29) is 22.6 Å². The summed E-state index contributed by atoms with van der Waals surface area (Å²) in [5, 5.41) is 12.9. The second kappa shape index (κ2) is 12.2. The van der Waals surface area contributed by atoms with Crippen LogP contribution >= 0.6 is 0 Å². The highest BCUT2D eigenvalue weighted by atomic mass is 19.1. The van der Waals surface area contributed by atoms with Crippen LogP contribution in [0.4, 0.5) is 10.1 Å². The summed E-state index contributed by atoms with van der Waals surface area (Å²) in [4.78, 5) is 19.6. The van der Waals surface area contributed by atoms with Gasteiger partial charge in [-0.3, -0.25) is 4.79 Å². The number of pyridine rings is 1. The molecule has 0 saturated carbocycles. The number of allylic oxidation sites excluding steroid dienone is 3. The molecule has 0 aliphatic carbocycles. The number of aliphatic hydroxyl groups is 1. The van der Waals surface area contributed by atoms with E-state index in [9.17, 15) is 14.3 Å². The molecule has 186 valence electrons. The topological polar surface area (TPSA) is 101 Å². The molecule has 1 amide bonds. The van der Waals surface area contributed by atoms with E-state index in [1.165, 1.54) is 12.1 Å². The number of nitrogens with one attached hydrogen (secondary N) is 1. The van der Waals surface area contributed by atoms with Crippen molar-refractivity contribution in [2.45, 2.75) is 39.2 Å². The Balaban J connectivity index is 1.94. The number of nitrogens with zero attached hydrogens (tertiary/aromatic N) is 2. The van der Waals surface area contributed by atoms with Crippen molar-refractivity contribution in [1.82, 2.24) is 15.2 Å². The number of amides is 1. The van der Waals surface area contributed by atoms with Crippen molar-refractivity contribution in [3.05, 3.63) is 78.0 Å². The summed E-state index contributed by atoms with van der Waals surface area (Å²) in [5.74, 6) is -0.509. The number of ether oxygens (including phenoxy) is 1. The minimum Gasteiger partial charge on any atom is -0.494 e. The van der Waals surface area contributed by atoms with Crippen LogP contribution in [0.1, 0.15) is 43.6 Å². The largest absolute Gasteiger partial charge is 0.494 e. The molecule has 1 aliphatic rings. The summed E-state index contributed by atoms with van der Waals surface area (Å²) in [6.07, 6.45) is 7.22. The quantitative estimate of drug-likeness (QED) is 0.460. The Morgan fingerprint density at radius 2 is 2.20 bits per heavy atom. The summed E-state index contributed by atoms with van der Waals surface area (Å²) in [6, 6.07) is 7.53. The van der Waals surface area contributed by atoms with Crippen LogP contribution in [0.5, 0.6) is 5.75 Å². The minimum atomic E-state index is -0.544. The average Bonchev–Trinajstić information content (AvgIpc) is 2.86. The Hall–Kier alpha value is -3.65. The second-order valence-corrected chi connectivity index (χ2v) is 8.32. The van der Waals surface area contributed by atoms with Gasteiger partial charge in [0.15, 0.2) is 5.69 Å². The average molecular weight is 481 g/mol. The molecule has 7 nitrogen and oxygen atoms in total. The molecule has 1 atom stereocenters. The third kappa shape index (κ3) is 6.48. The molecule has 8 heteroatoms. The predicted octanol–water partition coefficient (Wildman–Crippen LogP) is 4.42. The summed E-state index contributed by atoms with van der Waals surface area (Å²) in [5.41, 5.74) is 7.88. The number of aliphatic hydroxyl groups excluding tert-OH is 1. The smallest absolute Gasteiger partial charge is 0.276 e. The molecular formula is C27H33FN4O3. The monoisotopic (exact) mass is 480 g/mol. The fourth-order valence-electron chi connectivity index (χ4n) is 3.91. The third-order valence-electron chi connectivity index (χ3n) is 5.62. The molecule has 1 fully saturated rings. The van der Waals surface area contributed by atoms with Gasteiger partial charge in [-0.25, -0.2) is 9.37 Å². The standard InChI is InChI=1S/C27H33FN4O3/c1-4-8-25(32-14-7-9-18(33)17-32)23(6-3)31-27(34)26-22(29)12-13-24(30-26)20-16-19(35-15-5-2)10-11-21(20)28/h4,6,8,10-13,16,18,33H,3,5,7,9,14-15,17,29H2,1-2H3,(H,31,34)/b8-4-,25-23-/t18-/m0/s1. The lowest BCUT2D eigenvalue weighted by molar-refractivity contribution is 0.0886. The fraction of sp³-hybridized carbons (Fsp3) is 0.333. The van der Waals surface area contributed by atoms with Crippen molar-refractivity contribution in [2.24, 2.45) is 0 Å². The van der Waals surface area contributed by atoms with Gasteiger partial charge in [0.05, 0.1) is 35.5 Å². The van der Waals surface area contributed by atoms with Crippen molar-refractivity contribution in [1.29, 1.82) is 0 Å². The van der Waals surface area contributed by atoms with E-state index in [1.54, 1.807) is 24.3 Å². The Morgan fingerprint density at radius 3 is 2.89 bits per heavy atom. The number of nitrogen functional groups attached to an aromatic ring is 1. The highest BCUT2D eigenvalue weighted by Crippen LogP contribution is 2.28. The molecule has 0 unspecified atom stereocenters. The number of hydrogen-bond donors (Lipinski definition) is 3. The number of anilines is 1. The van der Waals surface area contributed by atoms with Crippen LogP contribution in [0.25, 0.3) is 11.3 Å². The van der Waals surface area contributed by atoms with Gasteiger partial charge in [-0.05, 0) is 68.7 Å². The third-order valence-corrected chi connectivity index (χ3v) is 5.62. The summed E-state index contributed by atoms with van der Waals surface area (Å²) < 4.78 is 20.2. The molecule has 0 radical (unpaired) electrons. The second-order valence-electron chi connectivity index (χ2n) is 8.32. The first kappa shape index (κ1) is 26.0. The van der Waals surface area contributed by atoms with Crippen LogP contribution in [-0.2, 0) is 0 Å². The number of aromatic nitrogens is 1. The highest BCUT2D eigenvalue weighted by molar-refractivity contribution is 5.99. The summed E-state index contributed by atoms with van der Waals surface area (Å²) in [7, 11) is 0. The van der Waals surface area contributed by atoms with Crippen molar-refractivity contribution >= 4 is 11.6 Å². The van der Waals surface area contributed by atoms with Crippen LogP contribution in [0, 0.1) is 5.82 Å². The number of nitrogens with two attached hydrogens (primary N) is 1. The number of β-amino-alcohol motifs (C(OH)–C–C–N with tert-alkyl or cyclic N) is 1. The molecule has 2 heterocycles. The minimum absolute atomic E-state index is 0.0281. The van der Waals surface area contributed by atoms with Gasteiger partial charge in [0.2, 0.25) is 0 Å². The first-order valence-electron chi connectivity index (χ1n) is 11.8. The predicted molar refractivity (Wildman–Crippen MR) is 136 cm³/mol. The normalized spacial score (nSPS) is 16.7. The number of piperidine rings is 1. The van der Waals surface area contributed by atoms with E-state index in [4.69, 9.17) is 10.5 Å². The van der Waals surface area contributed by atoms with Crippen LogP contribution < -0.4 is 15.8 Å². The van der Waals surface area contributed by atoms with Crippen LogP contribution in [0.3, 0.4) is 0 Å². The van der Waals surface area contributed by atoms with E-state index in [0.717, 1.165) is 31.5 Å². The zero-order valence-corrected chi connectivity index (χ0v) is 20.3. The Morgan fingerprint density at radius 1 is 1.40 bits per heavy atom. The number of carbonyl (C=O) groups excluding carboxylic acids is 1. The van der Waals surface area contributed by atoms with Crippen molar-refractivity contribution in [3.8, 4) is 17.0 Å². The fourth-order valence-corrected chi connectivity index (χ4v) is 3.91. The molecule has 1 aromatic heterocycles. The van der Waals surface area contributed by atoms with E-state index in [0.29, 0.717) is 24.6 Å². The highest BCUT2D eigenvalue weighted by Gasteiger charge is 2.22. The molecule has 35 heavy (non-hydrogen) atoms. The van der Waals surface area contributed by atoms with Crippen LogP contribution in [-0.4, -0.2) is 46.7 Å². The SMILES string of the molecule is C=C/C(NC(=O)c1nc(-c2cc(OCCC)ccc2F)ccc1N)=C(\C=C/C)N1CCC[C@H](O)C1. The number of hydrogen-bond acceptors (Lipinski definition) is 6. The maximum Gasteiger partial charge on any atom is 0.276 e. The lowest BCUT2D eigenvalue weighted by Crippen LogP contribution is -2.39. The summed E-state index contributed by atoms with van der Waals surface area (Å²) in [6.45, 7) is 9.41. The number of carbonyl (C=O) groups is 1. The zero-order chi connectivity index (χ0) is 25.4. The van der Waals surface area contributed by atoms with Crippen LogP contribution in [0.2, 0.25) is 0 Å². The van der Waals surface area contributed by atoms with Gasteiger partial charge in [-0.15, -0.1) is 0 Å². The van der Waals surface area contributed by atoms with E-state index < -0.39 is 17.8 Å². The molecule has 0 bridgehead atoms. The number of halogens is 1. The van der Waals surface area contributed by atoms with Gasteiger partial charge in [0.25, 0.3) is 5.91 Å². The van der Waals surface area contributed by atoms with Gasteiger partial charge in [0.1, 0.15) is 11.6 Å². The molecule has 0 spiro atoms. The van der Waals surface area contributed by atoms with Gasteiger partial charge >= 0.3 is 0 Å². The zero-order valence-electron chi connectivity index (χ0n) is 20.3. The van der Waals surface area contributed by atoms with E-state index >= 15 is 0 Å². The van der Waals surface area contributed by atoms with Gasteiger partial charge in [-0.1, -0.05) is 19.6 Å². The molecule has 3 rings (SSSR count). The number of rotatable bonds is 9. The first-order chi connectivity index (χ1) is 16.9. The molecule has 2 aromatic rings. The lowest BCUT2D eigenvalue weighted by atomic mass is 10.1. The van der Waals surface area contributed by atoms with Crippen molar-refractivity contribution in [3.63, 3.8) is 0 Å². The summed E-state index contributed by atoms with van der Waals surface area (Å²) >= 11 is 0. The van der Waals surface area contributed by atoms with E-state index in [2.05, 4.69) is 16.9 Å². The molecule has 4 N–H and O–H groups in total. The Labute approximate surface area is 205 Å². The maximum atomic E-state index is 14.6. The molecule has 1 aliphatic heterocycles. The maximum absolute atomic E-state index is 14.6. The van der Waals surface area contributed by atoms with Crippen LogP contribution in [0.15, 0.2) is 66.5 Å². The van der Waals surface area contributed by atoms with Gasteiger partial charge in [0, 0.05) is 18.7 Å². The molecular weight excluding hydrogens is 447 g/mol. The molecule has 1 saturated heterocycles. The number of benzene rings is 1. The molecule has 1 aromatic carbocycles. The van der Waals surface area contributed by atoms with Crippen molar-refractivity contribution < 1.29 is 19.0 Å².